The Morgan fingerprint density at radius 3 is 2.47 bits per heavy atom. The average Bonchev–Trinajstić information content (AvgIpc) is 3.34. The minimum Gasteiger partial charge on any atom is -0.454 e. The van der Waals surface area contributed by atoms with Gasteiger partial charge in [-0.2, -0.15) is 0 Å². The van der Waals surface area contributed by atoms with E-state index in [1.54, 1.807) is 25.2 Å². The van der Waals surface area contributed by atoms with Crippen LogP contribution in [0.5, 0.6) is 11.5 Å². The molecule has 7 heteroatoms. The number of fused-ring (bicyclic) bond motifs is 1. The molecule has 1 aliphatic heterocycles. The predicted octanol–water partition coefficient (Wildman–Crippen LogP) is 3.87. The van der Waals surface area contributed by atoms with Crippen molar-refractivity contribution in [1.82, 2.24) is 10.2 Å². The van der Waals surface area contributed by atoms with E-state index in [0.717, 1.165) is 11.1 Å². The van der Waals surface area contributed by atoms with Crippen LogP contribution in [-0.2, 0) is 29.0 Å². The van der Waals surface area contributed by atoms with Gasteiger partial charge < -0.3 is 19.7 Å². The molecule has 0 saturated heterocycles. The molecule has 34 heavy (non-hydrogen) atoms. The lowest BCUT2D eigenvalue weighted by atomic mass is 10.0. The highest BCUT2D eigenvalue weighted by Crippen LogP contribution is 2.33. The van der Waals surface area contributed by atoms with Crippen LogP contribution < -0.4 is 14.8 Å². The number of hydrogen-bond acceptors (Lipinski definition) is 4. The monoisotopic (exact) mass is 462 g/mol. The minimum absolute atomic E-state index is 0.00241. The fourth-order valence-corrected chi connectivity index (χ4v) is 4.02. The summed E-state index contributed by atoms with van der Waals surface area (Å²) in [4.78, 5) is 27.9. The minimum atomic E-state index is -0.781. The molecule has 0 bridgehead atoms. The molecule has 0 fully saturated rings. The van der Waals surface area contributed by atoms with Crippen molar-refractivity contribution in [2.75, 3.05) is 13.8 Å². The Morgan fingerprint density at radius 2 is 1.71 bits per heavy atom. The summed E-state index contributed by atoms with van der Waals surface area (Å²) in [6.07, 6.45) is 0.941. The summed E-state index contributed by atoms with van der Waals surface area (Å²) < 4.78 is 25.3. The number of halogens is 1. The molecule has 0 aliphatic carbocycles. The molecule has 0 saturated carbocycles. The van der Waals surface area contributed by atoms with Gasteiger partial charge in [-0.3, -0.25) is 9.59 Å². The van der Waals surface area contributed by atoms with Crippen LogP contribution in [0.3, 0.4) is 0 Å². The van der Waals surface area contributed by atoms with E-state index in [1.165, 1.54) is 11.0 Å². The number of likely N-dealkylation sites (N-methyl/N-ethyl adjacent to an activating group) is 1. The fraction of sp³-hybridized carbons (Fsp3) is 0.259. The van der Waals surface area contributed by atoms with Crippen molar-refractivity contribution in [1.29, 1.82) is 0 Å². The number of hydrogen-bond donors (Lipinski definition) is 1. The number of nitrogens with one attached hydrogen (secondary N) is 1. The van der Waals surface area contributed by atoms with Crippen molar-refractivity contribution in [3.63, 3.8) is 0 Å². The van der Waals surface area contributed by atoms with Gasteiger partial charge in [0.15, 0.2) is 11.5 Å². The third-order valence-corrected chi connectivity index (χ3v) is 5.88. The van der Waals surface area contributed by atoms with Crippen LogP contribution >= 0.6 is 0 Å². The maximum atomic E-state index is 14.5. The molecular weight excluding hydrogens is 435 g/mol. The lowest BCUT2D eigenvalue weighted by Gasteiger charge is -2.31. The molecule has 2 amide bonds. The molecule has 1 aliphatic rings. The average molecular weight is 463 g/mol. The van der Waals surface area contributed by atoms with Gasteiger partial charge in [0.05, 0.1) is 0 Å². The van der Waals surface area contributed by atoms with Gasteiger partial charge in [-0.25, -0.2) is 4.39 Å². The highest BCUT2D eigenvalue weighted by molar-refractivity contribution is 5.88. The molecule has 3 aromatic rings. The molecule has 1 heterocycles. The first-order valence-corrected chi connectivity index (χ1v) is 11.2. The maximum absolute atomic E-state index is 14.5. The van der Waals surface area contributed by atoms with Gasteiger partial charge in [0.1, 0.15) is 11.9 Å². The quantitative estimate of drug-likeness (QED) is 0.524. The number of aryl methyl sites for hydroxylation is 1. The second-order valence-electron chi connectivity index (χ2n) is 8.12. The second-order valence-corrected chi connectivity index (χ2v) is 8.12. The molecule has 6 nitrogen and oxygen atoms in total. The lowest BCUT2D eigenvalue weighted by molar-refractivity contribution is -0.141. The van der Waals surface area contributed by atoms with Gasteiger partial charge in [0, 0.05) is 32.0 Å². The Labute approximate surface area is 198 Å². The molecule has 0 aromatic heterocycles. The smallest absolute Gasteiger partial charge is 0.242 e. The zero-order valence-electron chi connectivity index (χ0n) is 19.0. The SMILES string of the molecule is CNC(=O)[C@H](Cc1ccccc1)N(Cc1ccccc1F)C(=O)CCc1ccc2c(c1)OCO2. The van der Waals surface area contributed by atoms with E-state index in [9.17, 15) is 14.0 Å². The highest BCUT2D eigenvalue weighted by atomic mass is 19.1. The number of amides is 2. The van der Waals surface area contributed by atoms with Crippen LogP contribution in [0.15, 0.2) is 72.8 Å². The van der Waals surface area contributed by atoms with Crippen molar-refractivity contribution in [2.45, 2.75) is 31.8 Å². The molecule has 0 radical (unpaired) electrons. The van der Waals surface area contributed by atoms with Crippen LogP contribution in [0.2, 0.25) is 0 Å². The van der Waals surface area contributed by atoms with Crippen LogP contribution in [0, 0.1) is 5.82 Å². The molecule has 1 N–H and O–H groups in total. The van der Waals surface area contributed by atoms with Crippen molar-refractivity contribution in [3.8, 4) is 11.5 Å². The Balaban J connectivity index is 1.58. The van der Waals surface area contributed by atoms with E-state index in [0.29, 0.717) is 29.9 Å². The summed E-state index contributed by atoms with van der Waals surface area (Å²) in [5.74, 6) is 0.396. The zero-order valence-corrected chi connectivity index (χ0v) is 19.0. The summed E-state index contributed by atoms with van der Waals surface area (Å²) >= 11 is 0. The topological polar surface area (TPSA) is 67.9 Å². The Bertz CT molecular complexity index is 1150. The van der Waals surface area contributed by atoms with Gasteiger partial charge in [-0.05, 0) is 35.7 Å². The fourth-order valence-electron chi connectivity index (χ4n) is 4.02. The number of carbonyl (C=O) groups excluding carboxylic acids is 2. The largest absolute Gasteiger partial charge is 0.454 e. The standard InChI is InChI=1S/C27H27FN2O4/c1-29-27(32)23(15-19-7-3-2-4-8-19)30(17-21-9-5-6-10-22(21)28)26(31)14-12-20-11-13-24-25(16-20)34-18-33-24/h2-11,13,16,23H,12,14-15,17-18H2,1H3,(H,29,32)/t23-/m0/s1. The summed E-state index contributed by atoms with van der Waals surface area (Å²) in [6.45, 7) is 0.180. The first kappa shape index (κ1) is 23.3. The van der Waals surface area contributed by atoms with Gasteiger partial charge in [-0.1, -0.05) is 54.6 Å². The number of carbonyl (C=O) groups is 2. The normalized spacial score (nSPS) is 12.8. The van der Waals surface area contributed by atoms with E-state index < -0.39 is 11.9 Å². The van der Waals surface area contributed by atoms with Crippen LogP contribution in [0.1, 0.15) is 23.1 Å². The second kappa shape index (κ2) is 10.8. The van der Waals surface area contributed by atoms with Crippen molar-refractivity contribution < 1.29 is 23.5 Å². The number of ether oxygens (including phenoxy) is 2. The zero-order chi connectivity index (χ0) is 23.9. The summed E-state index contributed by atoms with van der Waals surface area (Å²) in [7, 11) is 1.54. The van der Waals surface area contributed by atoms with Crippen molar-refractivity contribution >= 4 is 11.8 Å². The summed E-state index contributed by atoms with van der Waals surface area (Å²) in [5, 5.41) is 2.67. The first-order chi connectivity index (χ1) is 16.5. The van der Waals surface area contributed by atoms with Gasteiger partial charge in [-0.15, -0.1) is 0 Å². The van der Waals surface area contributed by atoms with E-state index in [1.807, 2.05) is 48.5 Å². The molecule has 176 valence electrons. The molecule has 0 spiro atoms. The maximum Gasteiger partial charge on any atom is 0.242 e. The summed E-state index contributed by atoms with van der Waals surface area (Å²) in [6, 6.07) is 20.6. The summed E-state index contributed by atoms with van der Waals surface area (Å²) in [5.41, 5.74) is 2.20. The highest BCUT2D eigenvalue weighted by Gasteiger charge is 2.30. The van der Waals surface area contributed by atoms with E-state index >= 15 is 0 Å². The number of benzene rings is 3. The van der Waals surface area contributed by atoms with Crippen molar-refractivity contribution in [2.24, 2.45) is 0 Å². The Hall–Kier alpha value is -3.87. The first-order valence-electron chi connectivity index (χ1n) is 11.2. The number of rotatable bonds is 9. The predicted molar refractivity (Wildman–Crippen MR) is 126 cm³/mol. The molecule has 4 rings (SSSR count). The van der Waals surface area contributed by atoms with Gasteiger partial charge in [0.2, 0.25) is 18.6 Å². The van der Waals surface area contributed by atoms with Crippen LogP contribution in [0.4, 0.5) is 4.39 Å². The van der Waals surface area contributed by atoms with Crippen molar-refractivity contribution in [3.05, 3.63) is 95.3 Å². The lowest BCUT2D eigenvalue weighted by Crippen LogP contribution is -2.49. The third-order valence-electron chi connectivity index (χ3n) is 5.88. The van der Waals surface area contributed by atoms with Gasteiger partial charge in [0.25, 0.3) is 0 Å². The molecule has 3 aromatic carbocycles. The van der Waals surface area contributed by atoms with Gasteiger partial charge >= 0.3 is 0 Å². The third kappa shape index (κ3) is 5.54. The molecule has 0 unspecified atom stereocenters. The van der Waals surface area contributed by atoms with Crippen LogP contribution in [0.25, 0.3) is 0 Å². The van der Waals surface area contributed by atoms with E-state index in [2.05, 4.69) is 5.32 Å². The Morgan fingerprint density at radius 1 is 0.971 bits per heavy atom. The molecule has 1 atom stereocenters. The van der Waals surface area contributed by atoms with E-state index in [-0.39, 0.29) is 31.6 Å². The van der Waals surface area contributed by atoms with Crippen LogP contribution in [-0.4, -0.2) is 36.6 Å². The number of nitrogens with zero attached hydrogens (tertiary/aromatic N) is 1. The Kier molecular flexibility index (Phi) is 7.42. The van der Waals surface area contributed by atoms with E-state index in [4.69, 9.17) is 9.47 Å². The molecular formula is C27H27FN2O4.